The fourth-order valence-electron chi connectivity index (χ4n) is 2.39. The molecule has 2 unspecified atom stereocenters. The molecule has 1 heterocycles. The van der Waals surface area contributed by atoms with E-state index in [0.717, 1.165) is 24.9 Å². The smallest absolute Gasteiger partial charge is 0.222 e. The molecule has 19 heavy (non-hydrogen) atoms. The molecule has 5 heteroatoms. The van der Waals surface area contributed by atoms with Crippen LogP contribution in [0.15, 0.2) is 18.2 Å². The van der Waals surface area contributed by atoms with Crippen molar-refractivity contribution in [3.8, 4) is 0 Å². The van der Waals surface area contributed by atoms with E-state index in [9.17, 15) is 4.79 Å². The Labute approximate surface area is 123 Å². The van der Waals surface area contributed by atoms with E-state index < -0.39 is 0 Å². The lowest BCUT2D eigenvalue weighted by Crippen LogP contribution is -2.33. The summed E-state index contributed by atoms with van der Waals surface area (Å²) in [6.07, 6.45) is 2.73. The summed E-state index contributed by atoms with van der Waals surface area (Å²) in [5, 5.41) is 7.30. The number of benzene rings is 1. The summed E-state index contributed by atoms with van der Waals surface area (Å²) in [5.74, 6) is 0.0444. The molecule has 2 rings (SSSR count). The maximum Gasteiger partial charge on any atom is 0.222 e. The number of amides is 1. The fourth-order valence-corrected chi connectivity index (χ4v) is 2.86. The normalized spacial score (nSPS) is 20.3. The Bertz CT molecular complexity index is 459. The van der Waals surface area contributed by atoms with Crippen LogP contribution in [-0.2, 0) is 4.79 Å². The molecule has 0 spiro atoms. The molecule has 0 radical (unpaired) electrons. The van der Waals surface area contributed by atoms with Gasteiger partial charge in [0.25, 0.3) is 0 Å². The molecule has 0 aromatic heterocycles. The first-order valence-corrected chi connectivity index (χ1v) is 7.30. The van der Waals surface area contributed by atoms with Crippen molar-refractivity contribution in [2.24, 2.45) is 0 Å². The molecule has 1 amide bonds. The third-order valence-electron chi connectivity index (χ3n) is 3.42. The minimum absolute atomic E-state index is 0.0444. The maximum atomic E-state index is 12.0. The third-order valence-corrected chi connectivity index (χ3v) is 4.25. The Hall–Kier alpha value is -0.770. The van der Waals surface area contributed by atoms with E-state index in [2.05, 4.69) is 10.6 Å². The van der Waals surface area contributed by atoms with Gasteiger partial charge < -0.3 is 10.6 Å². The number of carbonyl (C=O) groups excluding carboxylic acids is 1. The molecule has 1 fully saturated rings. The lowest BCUT2D eigenvalue weighted by Gasteiger charge is -2.18. The topological polar surface area (TPSA) is 41.1 Å². The summed E-state index contributed by atoms with van der Waals surface area (Å²) < 4.78 is 0. The number of halogens is 2. The van der Waals surface area contributed by atoms with Crippen molar-refractivity contribution in [3.05, 3.63) is 33.8 Å². The zero-order chi connectivity index (χ0) is 13.8. The van der Waals surface area contributed by atoms with Crippen LogP contribution in [0.1, 0.15) is 37.8 Å². The summed E-state index contributed by atoms with van der Waals surface area (Å²) in [6, 6.07) is 5.63. The van der Waals surface area contributed by atoms with Gasteiger partial charge in [0.2, 0.25) is 5.91 Å². The zero-order valence-corrected chi connectivity index (χ0v) is 12.4. The summed E-state index contributed by atoms with van der Waals surface area (Å²) in [5.41, 5.74) is 0.849. The highest BCUT2D eigenvalue weighted by Gasteiger charge is 2.20. The van der Waals surface area contributed by atoms with Crippen molar-refractivity contribution >= 4 is 29.1 Å². The minimum Gasteiger partial charge on any atom is -0.349 e. The van der Waals surface area contributed by atoms with Crippen molar-refractivity contribution in [1.82, 2.24) is 10.6 Å². The summed E-state index contributed by atoms with van der Waals surface area (Å²) in [6.45, 7) is 2.92. The molecular weight excluding hydrogens is 283 g/mol. The van der Waals surface area contributed by atoms with E-state index >= 15 is 0 Å². The lowest BCUT2D eigenvalue weighted by molar-refractivity contribution is -0.122. The van der Waals surface area contributed by atoms with E-state index in [1.807, 2.05) is 19.1 Å². The van der Waals surface area contributed by atoms with Crippen LogP contribution < -0.4 is 10.6 Å². The first-order chi connectivity index (χ1) is 9.08. The van der Waals surface area contributed by atoms with E-state index in [-0.39, 0.29) is 11.9 Å². The second kappa shape index (κ2) is 6.60. The van der Waals surface area contributed by atoms with Crippen LogP contribution in [0.5, 0.6) is 0 Å². The van der Waals surface area contributed by atoms with Crippen molar-refractivity contribution < 1.29 is 4.79 Å². The van der Waals surface area contributed by atoms with Gasteiger partial charge in [-0.05, 0) is 37.9 Å². The highest BCUT2D eigenvalue weighted by atomic mass is 35.5. The van der Waals surface area contributed by atoms with Crippen LogP contribution in [0.4, 0.5) is 0 Å². The molecule has 1 aliphatic heterocycles. The van der Waals surface area contributed by atoms with Crippen molar-refractivity contribution in [2.75, 3.05) is 6.54 Å². The number of hydrogen-bond acceptors (Lipinski definition) is 2. The van der Waals surface area contributed by atoms with Crippen molar-refractivity contribution in [1.29, 1.82) is 0 Å². The fraction of sp³-hybridized carbons (Fsp3) is 0.500. The molecule has 2 N–H and O–H groups in total. The molecule has 1 saturated heterocycles. The summed E-state index contributed by atoms with van der Waals surface area (Å²) >= 11 is 12.1. The van der Waals surface area contributed by atoms with Crippen LogP contribution in [0.25, 0.3) is 0 Å². The second-order valence-corrected chi connectivity index (χ2v) is 5.71. The molecule has 104 valence electrons. The molecule has 2 atom stereocenters. The van der Waals surface area contributed by atoms with Crippen molar-refractivity contribution in [2.45, 2.75) is 38.3 Å². The van der Waals surface area contributed by atoms with Gasteiger partial charge >= 0.3 is 0 Å². The maximum absolute atomic E-state index is 12.0. The molecule has 0 bridgehead atoms. The van der Waals surface area contributed by atoms with Crippen LogP contribution in [0.2, 0.25) is 10.0 Å². The van der Waals surface area contributed by atoms with Gasteiger partial charge in [-0.1, -0.05) is 35.3 Å². The van der Waals surface area contributed by atoms with Gasteiger partial charge in [0, 0.05) is 12.5 Å². The molecule has 0 aliphatic carbocycles. The number of rotatable bonds is 4. The average molecular weight is 301 g/mol. The Morgan fingerprint density at radius 1 is 1.53 bits per heavy atom. The standard InChI is InChI=1S/C14H18Cl2N2O/c1-9(11-5-2-6-12(15)14(11)16)18-13(19)8-10-4-3-7-17-10/h2,5-6,9-10,17H,3-4,7-8H2,1H3,(H,18,19). The van der Waals surface area contributed by atoms with Crippen LogP contribution >= 0.6 is 23.2 Å². The number of carbonyl (C=O) groups is 1. The quantitative estimate of drug-likeness (QED) is 0.896. The van der Waals surface area contributed by atoms with Gasteiger partial charge in [-0.15, -0.1) is 0 Å². The van der Waals surface area contributed by atoms with Gasteiger partial charge in [-0.25, -0.2) is 0 Å². The summed E-state index contributed by atoms with van der Waals surface area (Å²) in [4.78, 5) is 12.0. The highest BCUT2D eigenvalue weighted by Crippen LogP contribution is 2.29. The van der Waals surface area contributed by atoms with Gasteiger partial charge in [-0.3, -0.25) is 4.79 Å². The molecule has 1 aromatic rings. The van der Waals surface area contributed by atoms with E-state index in [1.54, 1.807) is 6.07 Å². The predicted octanol–water partition coefficient (Wildman–Crippen LogP) is 3.31. The summed E-state index contributed by atoms with van der Waals surface area (Å²) in [7, 11) is 0. The monoisotopic (exact) mass is 300 g/mol. The second-order valence-electron chi connectivity index (χ2n) is 4.93. The van der Waals surface area contributed by atoms with E-state index in [0.29, 0.717) is 22.5 Å². The van der Waals surface area contributed by atoms with Crippen LogP contribution in [0.3, 0.4) is 0 Å². The van der Waals surface area contributed by atoms with Gasteiger partial charge in [0.1, 0.15) is 0 Å². The largest absolute Gasteiger partial charge is 0.349 e. The Morgan fingerprint density at radius 2 is 2.32 bits per heavy atom. The van der Waals surface area contributed by atoms with Gasteiger partial charge in [0.15, 0.2) is 0 Å². The van der Waals surface area contributed by atoms with E-state index in [1.165, 1.54) is 0 Å². The molecule has 1 aliphatic rings. The molecule has 0 saturated carbocycles. The van der Waals surface area contributed by atoms with Crippen LogP contribution in [0, 0.1) is 0 Å². The SMILES string of the molecule is CC(NC(=O)CC1CCCN1)c1cccc(Cl)c1Cl. The predicted molar refractivity (Wildman–Crippen MR) is 78.7 cm³/mol. The Kier molecular flexibility index (Phi) is 5.08. The molecule has 3 nitrogen and oxygen atoms in total. The first kappa shape index (κ1) is 14.6. The Morgan fingerprint density at radius 3 is 3.00 bits per heavy atom. The highest BCUT2D eigenvalue weighted by molar-refractivity contribution is 6.42. The number of hydrogen-bond donors (Lipinski definition) is 2. The number of nitrogens with one attached hydrogen (secondary N) is 2. The van der Waals surface area contributed by atoms with E-state index in [4.69, 9.17) is 23.2 Å². The Balaban J connectivity index is 1.94. The van der Waals surface area contributed by atoms with Gasteiger partial charge in [-0.2, -0.15) is 0 Å². The zero-order valence-electron chi connectivity index (χ0n) is 10.9. The average Bonchev–Trinajstić information content (AvgIpc) is 2.85. The first-order valence-electron chi connectivity index (χ1n) is 6.54. The molecule has 1 aromatic carbocycles. The minimum atomic E-state index is -0.139. The van der Waals surface area contributed by atoms with Crippen LogP contribution in [-0.4, -0.2) is 18.5 Å². The lowest BCUT2D eigenvalue weighted by atomic mass is 10.1. The van der Waals surface area contributed by atoms with Crippen molar-refractivity contribution in [3.63, 3.8) is 0 Å². The van der Waals surface area contributed by atoms with Gasteiger partial charge in [0.05, 0.1) is 16.1 Å². The third kappa shape index (κ3) is 3.85. The molecular formula is C14H18Cl2N2O.